The molecule has 2 heterocycles. The maximum Gasteiger partial charge on any atom is 0.209 e. The number of hydrogen-bond acceptors (Lipinski definition) is 7. The first-order valence-electron chi connectivity index (χ1n) is 6.52. The standard InChI is InChI=1S/C13H14N4O3S/c1-17-13(14-15-16-17)21-7-4-10(18)9-2-3-11-12(8-9)20-6-5-19-11/h2-3,8H,4-7H2,1H3. The molecule has 1 aromatic heterocycles. The van der Waals surface area contributed by atoms with Crippen molar-refractivity contribution in [2.45, 2.75) is 11.6 Å². The molecule has 2 aromatic rings. The number of tetrazole rings is 1. The molecular formula is C13H14N4O3S. The lowest BCUT2D eigenvalue weighted by Crippen LogP contribution is -2.15. The van der Waals surface area contributed by atoms with E-state index >= 15 is 0 Å². The number of benzene rings is 1. The van der Waals surface area contributed by atoms with Crippen molar-refractivity contribution in [2.75, 3.05) is 19.0 Å². The van der Waals surface area contributed by atoms with Crippen LogP contribution < -0.4 is 9.47 Å². The molecular weight excluding hydrogens is 292 g/mol. The van der Waals surface area contributed by atoms with Crippen LogP contribution in [0.5, 0.6) is 11.5 Å². The highest BCUT2D eigenvalue weighted by Crippen LogP contribution is 2.31. The van der Waals surface area contributed by atoms with Gasteiger partial charge in [0.25, 0.3) is 0 Å². The van der Waals surface area contributed by atoms with Gasteiger partial charge in [0.2, 0.25) is 5.16 Å². The monoisotopic (exact) mass is 306 g/mol. The normalized spacial score (nSPS) is 13.2. The van der Waals surface area contributed by atoms with E-state index in [1.54, 1.807) is 29.9 Å². The van der Waals surface area contributed by atoms with Gasteiger partial charge in [0, 0.05) is 24.8 Å². The molecule has 8 heteroatoms. The zero-order valence-corrected chi connectivity index (χ0v) is 12.3. The number of thioether (sulfide) groups is 1. The van der Waals surface area contributed by atoms with Crippen LogP contribution in [-0.4, -0.2) is 45.0 Å². The van der Waals surface area contributed by atoms with Crippen LogP contribution in [-0.2, 0) is 7.05 Å². The van der Waals surface area contributed by atoms with Crippen molar-refractivity contribution in [2.24, 2.45) is 7.05 Å². The Balaban J connectivity index is 1.59. The highest BCUT2D eigenvalue weighted by atomic mass is 32.2. The maximum absolute atomic E-state index is 12.2. The van der Waals surface area contributed by atoms with Gasteiger partial charge >= 0.3 is 0 Å². The van der Waals surface area contributed by atoms with Crippen molar-refractivity contribution in [3.05, 3.63) is 23.8 Å². The molecule has 21 heavy (non-hydrogen) atoms. The molecule has 0 saturated heterocycles. The van der Waals surface area contributed by atoms with Crippen LogP contribution in [0.2, 0.25) is 0 Å². The van der Waals surface area contributed by atoms with Crippen LogP contribution in [0.1, 0.15) is 16.8 Å². The average molecular weight is 306 g/mol. The number of ketones is 1. The Labute approximate surface area is 125 Å². The van der Waals surface area contributed by atoms with Crippen molar-refractivity contribution in [1.29, 1.82) is 0 Å². The van der Waals surface area contributed by atoms with Crippen LogP contribution in [0.15, 0.2) is 23.4 Å². The molecule has 1 aliphatic heterocycles. The van der Waals surface area contributed by atoms with E-state index in [0.717, 1.165) is 0 Å². The van der Waals surface area contributed by atoms with E-state index in [2.05, 4.69) is 15.5 Å². The molecule has 110 valence electrons. The lowest BCUT2D eigenvalue weighted by atomic mass is 10.1. The van der Waals surface area contributed by atoms with E-state index in [-0.39, 0.29) is 5.78 Å². The minimum atomic E-state index is 0.0644. The number of Topliss-reactive ketones (excluding diaryl/α,β-unsaturated/α-hetero) is 1. The average Bonchev–Trinajstić information content (AvgIpc) is 2.92. The fourth-order valence-corrected chi connectivity index (χ4v) is 2.73. The number of fused-ring (bicyclic) bond motifs is 1. The molecule has 1 aliphatic rings. The first-order valence-corrected chi connectivity index (χ1v) is 7.50. The first-order chi connectivity index (χ1) is 10.2. The number of rotatable bonds is 5. The molecule has 0 spiro atoms. The molecule has 0 atom stereocenters. The summed E-state index contributed by atoms with van der Waals surface area (Å²) in [5, 5.41) is 11.9. The molecule has 1 aromatic carbocycles. The molecule has 0 amide bonds. The Morgan fingerprint density at radius 1 is 1.33 bits per heavy atom. The highest BCUT2D eigenvalue weighted by Gasteiger charge is 2.15. The van der Waals surface area contributed by atoms with Crippen molar-refractivity contribution in [1.82, 2.24) is 20.2 Å². The van der Waals surface area contributed by atoms with Gasteiger partial charge in [0.15, 0.2) is 17.3 Å². The van der Waals surface area contributed by atoms with Gasteiger partial charge in [-0.15, -0.1) is 5.10 Å². The quantitative estimate of drug-likeness (QED) is 0.609. The SMILES string of the molecule is Cn1nnnc1SCCC(=O)c1ccc2c(c1)OCCO2. The Morgan fingerprint density at radius 2 is 2.14 bits per heavy atom. The lowest BCUT2D eigenvalue weighted by molar-refractivity contribution is 0.0988. The number of aryl methyl sites for hydroxylation is 1. The largest absolute Gasteiger partial charge is 0.486 e. The summed E-state index contributed by atoms with van der Waals surface area (Å²) in [6, 6.07) is 5.29. The van der Waals surface area contributed by atoms with Gasteiger partial charge in [-0.3, -0.25) is 4.79 Å². The van der Waals surface area contributed by atoms with Crippen LogP contribution in [0.4, 0.5) is 0 Å². The molecule has 3 rings (SSSR count). The van der Waals surface area contributed by atoms with E-state index in [9.17, 15) is 4.79 Å². The number of nitrogens with zero attached hydrogens (tertiary/aromatic N) is 4. The summed E-state index contributed by atoms with van der Waals surface area (Å²) in [7, 11) is 1.77. The minimum absolute atomic E-state index is 0.0644. The molecule has 0 saturated carbocycles. The molecule has 0 aliphatic carbocycles. The molecule has 0 radical (unpaired) electrons. The summed E-state index contributed by atoms with van der Waals surface area (Å²) in [5.41, 5.74) is 0.635. The van der Waals surface area contributed by atoms with E-state index in [1.807, 2.05) is 0 Å². The molecule has 0 fully saturated rings. The Bertz CT molecular complexity index is 659. The number of aromatic nitrogens is 4. The minimum Gasteiger partial charge on any atom is -0.486 e. The highest BCUT2D eigenvalue weighted by molar-refractivity contribution is 7.99. The fraction of sp³-hybridized carbons (Fsp3) is 0.385. The Kier molecular flexibility index (Phi) is 4.05. The summed E-state index contributed by atoms with van der Waals surface area (Å²) in [4.78, 5) is 12.2. The van der Waals surface area contributed by atoms with E-state index in [1.165, 1.54) is 11.8 Å². The van der Waals surface area contributed by atoms with Gasteiger partial charge in [0.05, 0.1) is 0 Å². The van der Waals surface area contributed by atoms with Crippen LogP contribution in [0.25, 0.3) is 0 Å². The number of hydrogen-bond donors (Lipinski definition) is 0. The maximum atomic E-state index is 12.2. The summed E-state index contributed by atoms with van der Waals surface area (Å²) >= 11 is 1.46. The predicted molar refractivity (Wildman–Crippen MR) is 75.9 cm³/mol. The third kappa shape index (κ3) is 3.15. The second kappa shape index (κ2) is 6.13. The van der Waals surface area contributed by atoms with Crippen molar-refractivity contribution in [3.8, 4) is 11.5 Å². The third-order valence-electron chi connectivity index (χ3n) is 3.01. The Morgan fingerprint density at radius 3 is 2.90 bits per heavy atom. The summed E-state index contributed by atoms with van der Waals surface area (Å²) < 4.78 is 12.5. The first kappa shape index (κ1) is 13.9. The summed E-state index contributed by atoms with van der Waals surface area (Å²) in [6.45, 7) is 1.06. The van der Waals surface area contributed by atoms with Gasteiger partial charge in [-0.2, -0.15) is 0 Å². The van der Waals surface area contributed by atoms with E-state index < -0.39 is 0 Å². The second-order valence-corrected chi connectivity index (χ2v) is 5.53. The lowest BCUT2D eigenvalue weighted by Gasteiger charge is -2.18. The van der Waals surface area contributed by atoms with Gasteiger partial charge in [-0.25, -0.2) is 4.68 Å². The molecule has 7 nitrogen and oxygen atoms in total. The van der Waals surface area contributed by atoms with Crippen molar-refractivity contribution >= 4 is 17.5 Å². The number of carbonyl (C=O) groups is 1. The molecule has 0 bridgehead atoms. The van der Waals surface area contributed by atoms with Crippen molar-refractivity contribution in [3.63, 3.8) is 0 Å². The van der Waals surface area contributed by atoms with E-state index in [0.29, 0.717) is 47.6 Å². The van der Waals surface area contributed by atoms with Crippen LogP contribution in [0, 0.1) is 0 Å². The fourth-order valence-electron chi connectivity index (χ4n) is 1.94. The second-order valence-electron chi connectivity index (χ2n) is 4.47. The number of ether oxygens (including phenoxy) is 2. The predicted octanol–water partition coefficient (Wildman–Crippen LogP) is 1.35. The van der Waals surface area contributed by atoms with Crippen LogP contribution in [0.3, 0.4) is 0 Å². The molecule has 0 N–H and O–H groups in total. The Hall–Kier alpha value is -2.09. The van der Waals surface area contributed by atoms with Crippen LogP contribution >= 0.6 is 11.8 Å². The number of carbonyl (C=O) groups excluding carboxylic acids is 1. The van der Waals surface area contributed by atoms with Gasteiger partial charge < -0.3 is 9.47 Å². The third-order valence-corrected chi connectivity index (χ3v) is 4.02. The topological polar surface area (TPSA) is 79.1 Å². The zero-order valence-electron chi connectivity index (χ0n) is 11.5. The smallest absolute Gasteiger partial charge is 0.209 e. The summed E-state index contributed by atoms with van der Waals surface area (Å²) in [6.07, 6.45) is 0.414. The van der Waals surface area contributed by atoms with Crippen molar-refractivity contribution < 1.29 is 14.3 Å². The summed E-state index contributed by atoms with van der Waals surface area (Å²) in [5.74, 6) is 2.02. The zero-order chi connectivity index (χ0) is 14.7. The van der Waals surface area contributed by atoms with E-state index in [4.69, 9.17) is 9.47 Å². The van der Waals surface area contributed by atoms with Gasteiger partial charge in [-0.1, -0.05) is 11.8 Å². The van der Waals surface area contributed by atoms with Gasteiger partial charge in [-0.05, 0) is 28.6 Å². The van der Waals surface area contributed by atoms with Gasteiger partial charge in [0.1, 0.15) is 13.2 Å². The molecule has 0 unspecified atom stereocenters.